The quantitative estimate of drug-likeness (QED) is 0.628. The van der Waals surface area contributed by atoms with Crippen molar-refractivity contribution in [3.63, 3.8) is 0 Å². The molecular formula is C31H42N4O2. The fourth-order valence-corrected chi connectivity index (χ4v) is 6.57. The third-order valence-corrected chi connectivity index (χ3v) is 8.97. The van der Waals surface area contributed by atoms with Crippen LogP contribution in [0.5, 0.6) is 0 Å². The maximum Gasteiger partial charge on any atom is 0.320 e. The Morgan fingerprint density at radius 2 is 1.35 bits per heavy atom. The highest BCUT2D eigenvalue weighted by molar-refractivity contribution is 5.89. The van der Waals surface area contributed by atoms with Crippen molar-refractivity contribution in [2.45, 2.75) is 69.4 Å². The van der Waals surface area contributed by atoms with E-state index in [2.05, 4.69) is 34.5 Å². The molecule has 3 fully saturated rings. The number of likely N-dealkylation sites (tertiary alicyclic amines) is 1. The molecule has 5 rings (SSSR count). The molecule has 6 heteroatoms. The molecule has 37 heavy (non-hydrogen) atoms. The van der Waals surface area contributed by atoms with Gasteiger partial charge in [-0.1, -0.05) is 79.9 Å². The summed E-state index contributed by atoms with van der Waals surface area (Å²) >= 11 is 0. The normalized spacial score (nSPS) is 21.9. The summed E-state index contributed by atoms with van der Waals surface area (Å²) in [6.07, 6.45) is 7.96. The van der Waals surface area contributed by atoms with Gasteiger partial charge in [-0.05, 0) is 43.7 Å². The minimum absolute atomic E-state index is 0.0586. The van der Waals surface area contributed by atoms with Gasteiger partial charge in [-0.3, -0.25) is 9.69 Å². The fraction of sp³-hybridized carbons (Fsp3) is 0.548. The van der Waals surface area contributed by atoms with Crippen LogP contribution in [-0.4, -0.2) is 71.9 Å². The Morgan fingerprint density at radius 1 is 0.784 bits per heavy atom. The molecular weight excluding hydrogens is 460 g/mol. The molecule has 3 aliphatic rings. The molecule has 0 unspecified atom stereocenters. The topological polar surface area (TPSA) is 55.9 Å². The van der Waals surface area contributed by atoms with E-state index >= 15 is 0 Å². The zero-order chi connectivity index (χ0) is 25.7. The molecule has 2 aromatic rings. The number of piperidine rings is 1. The number of piperazine rings is 1. The van der Waals surface area contributed by atoms with Crippen molar-refractivity contribution < 1.29 is 9.59 Å². The number of hydrogen-bond acceptors (Lipinski definition) is 3. The molecule has 0 spiro atoms. The number of rotatable bonds is 5. The average molecular weight is 503 g/mol. The van der Waals surface area contributed by atoms with Crippen LogP contribution in [-0.2, 0) is 10.2 Å². The number of nitrogens with one attached hydrogen (secondary N) is 1. The summed E-state index contributed by atoms with van der Waals surface area (Å²) in [5, 5.41) is 3.29. The summed E-state index contributed by atoms with van der Waals surface area (Å²) in [5.41, 5.74) is 1.51. The highest BCUT2D eigenvalue weighted by Gasteiger charge is 2.44. The Hall–Kier alpha value is -2.86. The van der Waals surface area contributed by atoms with Gasteiger partial charge in [0.1, 0.15) is 0 Å². The number of urea groups is 1. The highest BCUT2D eigenvalue weighted by Crippen LogP contribution is 2.37. The lowest BCUT2D eigenvalue weighted by atomic mass is 9.71. The first-order valence-corrected chi connectivity index (χ1v) is 14.3. The van der Waals surface area contributed by atoms with Crippen molar-refractivity contribution in [1.82, 2.24) is 20.0 Å². The molecule has 0 bridgehead atoms. The van der Waals surface area contributed by atoms with Crippen LogP contribution in [0, 0.1) is 0 Å². The average Bonchev–Trinajstić information content (AvgIpc) is 2.98. The largest absolute Gasteiger partial charge is 0.349 e. The van der Waals surface area contributed by atoms with Gasteiger partial charge >= 0.3 is 6.03 Å². The molecule has 1 atom stereocenters. The van der Waals surface area contributed by atoms with Gasteiger partial charge in [0, 0.05) is 45.3 Å². The number of carbonyl (C=O) groups is 2. The van der Waals surface area contributed by atoms with Crippen LogP contribution in [0.4, 0.5) is 4.79 Å². The van der Waals surface area contributed by atoms with E-state index < -0.39 is 5.41 Å². The van der Waals surface area contributed by atoms with Gasteiger partial charge in [-0.25, -0.2) is 4.79 Å². The number of nitrogens with zero attached hydrogens (tertiary/aromatic N) is 3. The molecule has 0 aromatic heterocycles. The van der Waals surface area contributed by atoms with Crippen LogP contribution in [0.15, 0.2) is 60.7 Å². The van der Waals surface area contributed by atoms with Crippen LogP contribution in [0.1, 0.15) is 69.0 Å². The summed E-state index contributed by atoms with van der Waals surface area (Å²) in [5.74, 6) is 0.0586. The second-order valence-corrected chi connectivity index (χ2v) is 11.1. The Morgan fingerprint density at radius 3 is 1.97 bits per heavy atom. The molecule has 198 valence electrons. The van der Waals surface area contributed by atoms with Crippen molar-refractivity contribution in [2.75, 3.05) is 39.3 Å². The molecule has 1 aliphatic carbocycles. The van der Waals surface area contributed by atoms with E-state index in [-0.39, 0.29) is 18.0 Å². The van der Waals surface area contributed by atoms with Gasteiger partial charge in [0.05, 0.1) is 11.5 Å². The lowest BCUT2D eigenvalue weighted by Gasteiger charge is -2.45. The number of carbonyl (C=O) groups excluding carboxylic acids is 2. The molecule has 0 radical (unpaired) electrons. The van der Waals surface area contributed by atoms with Crippen LogP contribution in [0.3, 0.4) is 0 Å². The molecule has 1 N–H and O–H groups in total. The Labute approximate surface area is 222 Å². The van der Waals surface area contributed by atoms with Crippen molar-refractivity contribution >= 4 is 11.9 Å². The molecule has 3 amide bonds. The molecule has 2 aliphatic heterocycles. The minimum Gasteiger partial charge on any atom is -0.349 e. The zero-order valence-corrected chi connectivity index (χ0v) is 22.3. The maximum atomic E-state index is 13.8. The van der Waals surface area contributed by atoms with E-state index in [1.807, 2.05) is 53.1 Å². The van der Waals surface area contributed by atoms with Gasteiger partial charge in [0.15, 0.2) is 0 Å². The SMILES string of the molecule is C[C@H](NC(=O)C1(c2ccccc2)CCN(C(=O)N2CCN(C3CCCCC3)CC2)CC1)c1ccccc1. The van der Waals surface area contributed by atoms with Crippen molar-refractivity contribution in [1.29, 1.82) is 0 Å². The minimum atomic E-state index is -0.624. The third kappa shape index (κ3) is 5.69. The standard InChI is InChI=1S/C31H42N4O2/c1-25(26-11-5-2-6-12-26)32-29(36)31(27-13-7-3-8-14-27)17-19-34(20-18-31)30(37)35-23-21-33(22-24-35)28-15-9-4-10-16-28/h2-3,5-8,11-14,25,28H,4,9-10,15-24H2,1H3,(H,32,36)/t25-/m0/s1. The Bertz CT molecular complexity index is 1020. The van der Waals surface area contributed by atoms with Gasteiger partial charge < -0.3 is 15.1 Å². The van der Waals surface area contributed by atoms with Crippen LogP contribution < -0.4 is 5.32 Å². The first-order chi connectivity index (χ1) is 18.1. The van der Waals surface area contributed by atoms with Crippen molar-refractivity contribution in [3.05, 3.63) is 71.8 Å². The Kier molecular flexibility index (Phi) is 8.14. The van der Waals surface area contributed by atoms with Crippen LogP contribution in [0.2, 0.25) is 0 Å². The summed E-state index contributed by atoms with van der Waals surface area (Å²) in [6, 6.07) is 21.0. The van der Waals surface area contributed by atoms with E-state index in [9.17, 15) is 9.59 Å². The van der Waals surface area contributed by atoms with E-state index in [1.165, 1.54) is 32.1 Å². The maximum absolute atomic E-state index is 13.8. The number of hydrogen-bond donors (Lipinski definition) is 1. The van der Waals surface area contributed by atoms with Crippen LogP contribution in [0.25, 0.3) is 0 Å². The lowest BCUT2D eigenvalue weighted by molar-refractivity contribution is -0.129. The van der Waals surface area contributed by atoms with E-state index in [0.29, 0.717) is 32.0 Å². The first kappa shape index (κ1) is 25.8. The summed E-state index contributed by atoms with van der Waals surface area (Å²) in [6.45, 7) is 6.83. The predicted molar refractivity (Wildman–Crippen MR) is 147 cm³/mol. The first-order valence-electron chi connectivity index (χ1n) is 14.3. The third-order valence-electron chi connectivity index (χ3n) is 8.97. The molecule has 1 saturated carbocycles. The second-order valence-electron chi connectivity index (χ2n) is 11.1. The lowest BCUT2D eigenvalue weighted by Crippen LogP contribution is -2.58. The van der Waals surface area contributed by atoms with E-state index in [1.54, 1.807) is 0 Å². The summed E-state index contributed by atoms with van der Waals surface area (Å²) in [7, 11) is 0. The summed E-state index contributed by atoms with van der Waals surface area (Å²) in [4.78, 5) is 33.9. The smallest absolute Gasteiger partial charge is 0.320 e. The van der Waals surface area contributed by atoms with Gasteiger partial charge in [-0.15, -0.1) is 0 Å². The molecule has 6 nitrogen and oxygen atoms in total. The highest BCUT2D eigenvalue weighted by atomic mass is 16.2. The monoisotopic (exact) mass is 502 g/mol. The van der Waals surface area contributed by atoms with Crippen molar-refractivity contribution in [3.8, 4) is 0 Å². The number of amides is 3. The van der Waals surface area contributed by atoms with Gasteiger partial charge in [-0.2, -0.15) is 0 Å². The van der Waals surface area contributed by atoms with Crippen LogP contribution >= 0.6 is 0 Å². The van der Waals surface area contributed by atoms with Gasteiger partial charge in [0.2, 0.25) is 5.91 Å². The predicted octanol–water partition coefficient (Wildman–Crippen LogP) is 4.97. The fourth-order valence-electron chi connectivity index (χ4n) is 6.57. The number of benzene rings is 2. The second kappa shape index (κ2) is 11.7. The zero-order valence-electron chi connectivity index (χ0n) is 22.3. The summed E-state index contributed by atoms with van der Waals surface area (Å²) < 4.78 is 0. The molecule has 2 heterocycles. The Balaban J connectivity index is 1.22. The molecule has 2 saturated heterocycles. The van der Waals surface area contributed by atoms with Gasteiger partial charge in [0.25, 0.3) is 0 Å². The van der Waals surface area contributed by atoms with E-state index in [4.69, 9.17) is 0 Å². The van der Waals surface area contributed by atoms with Crippen molar-refractivity contribution in [2.24, 2.45) is 0 Å². The van der Waals surface area contributed by atoms with E-state index in [0.717, 1.165) is 37.3 Å². The molecule has 2 aromatic carbocycles.